The van der Waals surface area contributed by atoms with Crippen LogP contribution >= 0.6 is 0 Å². The van der Waals surface area contributed by atoms with Gasteiger partial charge in [-0.05, 0) is 37.5 Å². The number of nitrogens with one attached hydrogen (secondary N) is 1. The van der Waals surface area contributed by atoms with E-state index in [2.05, 4.69) is 5.32 Å². The molecule has 0 spiro atoms. The van der Waals surface area contributed by atoms with E-state index in [-0.39, 0.29) is 6.04 Å². The molecule has 1 aliphatic rings. The fraction of sp³-hybridized carbons (Fsp3) is 0.538. The average Bonchev–Trinajstić information content (AvgIpc) is 2.29. The summed E-state index contributed by atoms with van der Waals surface area (Å²) in [6.07, 6.45) is 1.95. The van der Waals surface area contributed by atoms with Crippen molar-refractivity contribution in [2.24, 2.45) is 0 Å². The van der Waals surface area contributed by atoms with E-state index in [1.165, 1.54) is 5.56 Å². The van der Waals surface area contributed by atoms with Gasteiger partial charge in [0.2, 0.25) is 0 Å². The van der Waals surface area contributed by atoms with Crippen molar-refractivity contribution in [2.75, 3.05) is 7.11 Å². The van der Waals surface area contributed by atoms with Gasteiger partial charge in [0.05, 0.1) is 12.7 Å². The van der Waals surface area contributed by atoms with Crippen LogP contribution in [0.4, 0.5) is 0 Å². The summed E-state index contributed by atoms with van der Waals surface area (Å²) in [4.78, 5) is 0. The van der Waals surface area contributed by atoms with Crippen LogP contribution in [0.25, 0.3) is 0 Å². The fourth-order valence-corrected chi connectivity index (χ4v) is 2.01. The lowest BCUT2D eigenvalue weighted by molar-refractivity contribution is -0.0523. The van der Waals surface area contributed by atoms with Crippen LogP contribution in [-0.4, -0.2) is 23.9 Å². The van der Waals surface area contributed by atoms with Crippen molar-refractivity contribution in [2.45, 2.75) is 38.0 Å². The molecule has 3 heteroatoms. The lowest BCUT2D eigenvalue weighted by Gasteiger charge is -2.43. The number of ether oxygens (including phenoxy) is 1. The van der Waals surface area contributed by atoms with Gasteiger partial charge in [-0.15, -0.1) is 0 Å². The molecule has 3 nitrogen and oxygen atoms in total. The minimum absolute atomic E-state index is 0.231. The van der Waals surface area contributed by atoms with Gasteiger partial charge in [0.15, 0.2) is 0 Å². The SMILES string of the molecule is COc1ccc(CN[C@H]2CC[C@]2(C)O)cc1. The predicted molar refractivity (Wildman–Crippen MR) is 63.5 cm³/mol. The Labute approximate surface area is 96.4 Å². The molecule has 0 aromatic heterocycles. The van der Waals surface area contributed by atoms with Crippen LogP contribution in [0.5, 0.6) is 5.75 Å². The Balaban J connectivity index is 1.85. The maximum atomic E-state index is 9.85. The highest BCUT2D eigenvalue weighted by Crippen LogP contribution is 2.31. The summed E-state index contributed by atoms with van der Waals surface area (Å²) in [6.45, 7) is 2.69. The molecule has 1 saturated carbocycles. The lowest BCUT2D eigenvalue weighted by atomic mass is 9.76. The summed E-state index contributed by atoms with van der Waals surface area (Å²) in [7, 11) is 1.67. The number of rotatable bonds is 4. The number of hydrogen-bond donors (Lipinski definition) is 2. The normalized spacial score (nSPS) is 28.6. The molecule has 1 fully saturated rings. The van der Waals surface area contributed by atoms with Crippen molar-refractivity contribution >= 4 is 0 Å². The Morgan fingerprint density at radius 2 is 2.12 bits per heavy atom. The third-order valence-corrected chi connectivity index (χ3v) is 3.40. The maximum absolute atomic E-state index is 9.85. The first-order valence-corrected chi connectivity index (χ1v) is 5.70. The molecule has 0 unspecified atom stereocenters. The van der Waals surface area contributed by atoms with Crippen LogP contribution in [0.1, 0.15) is 25.3 Å². The van der Waals surface area contributed by atoms with Crippen LogP contribution in [0.15, 0.2) is 24.3 Å². The summed E-state index contributed by atoms with van der Waals surface area (Å²) in [6, 6.07) is 8.22. The van der Waals surface area contributed by atoms with E-state index in [4.69, 9.17) is 4.74 Å². The first kappa shape index (κ1) is 11.4. The molecule has 1 aromatic carbocycles. The second kappa shape index (κ2) is 4.44. The minimum atomic E-state index is -0.521. The van der Waals surface area contributed by atoms with Crippen molar-refractivity contribution in [3.63, 3.8) is 0 Å². The van der Waals surface area contributed by atoms with E-state index in [1.54, 1.807) is 7.11 Å². The Kier molecular flexibility index (Phi) is 3.17. The zero-order chi connectivity index (χ0) is 11.6. The molecule has 0 aliphatic heterocycles. The molecule has 0 bridgehead atoms. The molecule has 2 rings (SSSR count). The van der Waals surface area contributed by atoms with Crippen molar-refractivity contribution in [1.82, 2.24) is 5.32 Å². The topological polar surface area (TPSA) is 41.5 Å². The molecule has 1 aromatic rings. The first-order valence-electron chi connectivity index (χ1n) is 5.70. The highest BCUT2D eigenvalue weighted by molar-refractivity contribution is 5.27. The fourth-order valence-electron chi connectivity index (χ4n) is 2.01. The van der Waals surface area contributed by atoms with Crippen molar-refractivity contribution < 1.29 is 9.84 Å². The van der Waals surface area contributed by atoms with Crippen LogP contribution in [0.3, 0.4) is 0 Å². The highest BCUT2D eigenvalue weighted by Gasteiger charge is 2.40. The van der Waals surface area contributed by atoms with Gasteiger partial charge in [-0.3, -0.25) is 0 Å². The average molecular weight is 221 g/mol. The Morgan fingerprint density at radius 3 is 2.56 bits per heavy atom. The predicted octanol–water partition coefficient (Wildman–Crippen LogP) is 1.70. The van der Waals surface area contributed by atoms with Crippen LogP contribution in [0.2, 0.25) is 0 Å². The van der Waals surface area contributed by atoms with E-state index in [0.717, 1.165) is 25.1 Å². The zero-order valence-corrected chi connectivity index (χ0v) is 9.86. The van der Waals surface area contributed by atoms with Gasteiger partial charge in [-0.25, -0.2) is 0 Å². The summed E-state index contributed by atoms with van der Waals surface area (Å²) in [5.74, 6) is 0.874. The van der Waals surface area contributed by atoms with Gasteiger partial charge < -0.3 is 15.2 Å². The van der Waals surface area contributed by atoms with Gasteiger partial charge in [0.25, 0.3) is 0 Å². The quantitative estimate of drug-likeness (QED) is 0.813. The van der Waals surface area contributed by atoms with Crippen LogP contribution in [0, 0.1) is 0 Å². The first-order chi connectivity index (χ1) is 7.62. The molecule has 88 valence electrons. The summed E-state index contributed by atoms with van der Waals surface area (Å²) >= 11 is 0. The smallest absolute Gasteiger partial charge is 0.118 e. The molecule has 0 amide bonds. The van der Waals surface area contributed by atoms with Gasteiger partial charge >= 0.3 is 0 Å². The maximum Gasteiger partial charge on any atom is 0.118 e. The van der Waals surface area contributed by atoms with Gasteiger partial charge in [0.1, 0.15) is 5.75 Å². The monoisotopic (exact) mass is 221 g/mol. The van der Waals surface area contributed by atoms with Gasteiger partial charge in [-0.1, -0.05) is 12.1 Å². The van der Waals surface area contributed by atoms with Gasteiger partial charge in [-0.2, -0.15) is 0 Å². The van der Waals surface area contributed by atoms with E-state index < -0.39 is 5.60 Å². The zero-order valence-electron chi connectivity index (χ0n) is 9.86. The molecular weight excluding hydrogens is 202 g/mol. The Bertz CT molecular complexity index is 345. The van der Waals surface area contributed by atoms with Crippen molar-refractivity contribution in [3.05, 3.63) is 29.8 Å². The molecule has 2 N–H and O–H groups in total. The third kappa shape index (κ3) is 2.36. The molecule has 2 atom stereocenters. The molecule has 16 heavy (non-hydrogen) atoms. The summed E-state index contributed by atoms with van der Waals surface area (Å²) < 4.78 is 5.10. The number of methoxy groups -OCH3 is 1. The van der Waals surface area contributed by atoms with Crippen LogP contribution < -0.4 is 10.1 Å². The molecule has 1 aliphatic carbocycles. The number of aliphatic hydroxyl groups is 1. The molecule has 0 saturated heterocycles. The van der Waals surface area contributed by atoms with Crippen molar-refractivity contribution in [3.8, 4) is 5.75 Å². The summed E-state index contributed by atoms with van der Waals surface area (Å²) in [5, 5.41) is 13.2. The van der Waals surface area contributed by atoms with E-state index in [1.807, 2.05) is 31.2 Å². The molecule has 0 radical (unpaired) electrons. The number of hydrogen-bond acceptors (Lipinski definition) is 3. The standard InChI is InChI=1S/C13H19NO2/c1-13(15)8-7-12(13)14-9-10-3-5-11(16-2)6-4-10/h3-6,12,14-15H,7-9H2,1-2H3/t12-,13-/m0/s1. The second-order valence-corrected chi connectivity index (χ2v) is 4.68. The van der Waals surface area contributed by atoms with Crippen molar-refractivity contribution in [1.29, 1.82) is 0 Å². The van der Waals surface area contributed by atoms with E-state index in [0.29, 0.717) is 0 Å². The van der Waals surface area contributed by atoms with Gasteiger partial charge in [0, 0.05) is 12.6 Å². The van der Waals surface area contributed by atoms with E-state index >= 15 is 0 Å². The Hall–Kier alpha value is -1.06. The lowest BCUT2D eigenvalue weighted by Crippen LogP contribution is -2.56. The highest BCUT2D eigenvalue weighted by atomic mass is 16.5. The minimum Gasteiger partial charge on any atom is -0.497 e. The van der Waals surface area contributed by atoms with Crippen LogP contribution in [-0.2, 0) is 6.54 Å². The molecular formula is C13H19NO2. The number of benzene rings is 1. The molecule has 0 heterocycles. The second-order valence-electron chi connectivity index (χ2n) is 4.68. The largest absolute Gasteiger partial charge is 0.497 e. The van der Waals surface area contributed by atoms with E-state index in [9.17, 15) is 5.11 Å². The summed E-state index contributed by atoms with van der Waals surface area (Å²) in [5.41, 5.74) is 0.690. The third-order valence-electron chi connectivity index (χ3n) is 3.40. The Morgan fingerprint density at radius 1 is 1.44 bits per heavy atom.